The van der Waals surface area contributed by atoms with Crippen molar-refractivity contribution in [2.75, 3.05) is 18.9 Å². The molecule has 162 valence electrons. The van der Waals surface area contributed by atoms with Gasteiger partial charge in [0.1, 0.15) is 11.5 Å². The van der Waals surface area contributed by atoms with Crippen LogP contribution in [0, 0.1) is 0 Å². The van der Waals surface area contributed by atoms with Crippen LogP contribution in [-0.4, -0.2) is 36.7 Å². The second-order valence-electron chi connectivity index (χ2n) is 6.43. The van der Waals surface area contributed by atoms with Crippen LogP contribution in [0.5, 0.6) is 5.75 Å². The Balaban J connectivity index is 1.58. The number of nitrogens with one attached hydrogen (secondary N) is 1. The first kappa shape index (κ1) is 22.2. The fraction of sp³-hybridized carbons (Fsp3) is 0.143. The predicted octanol–water partition coefficient (Wildman–Crippen LogP) is 5.21. The molecule has 0 spiro atoms. The van der Waals surface area contributed by atoms with Gasteiger partial charge in [-0.1, -0.05) is 23.7 Å². The van der Waals surface area contributed by atoms with Gasteiger partial charge >= 0.3 is 6.36 Å². The van der Waals surface area contributed by atoms with Crippen molar-refractivity contribution in [1.82, 2.24) is 4.90 Å². The summed E-state index contributed by atoms with van der Waals surface area (Å²) in [5, 5.41) is 2.96. The van der Waals surface area contributed by atoms with E-state index in [-0.39, 0.29) is 18.0 Å². The van der Waals surface area contributed by atoms with E-state index in [0.29, 0.717) is 16.3 Å². The van der Waals surface area contributed by atoms with Crippen LogP contribution in [0.25, 0.3) is 11.3 Å². The van der Waals surface area contributed by atoms with Crippen molar-refractivity contribution < 1.29 is 31.9 Å². The fourth-order valence-corrected chi connectivity index (χ4v) is 2.90. The highest BCUT2D eigenvalue weighted by Gasteiger charge is 2.31. The van der Waals surface area contributed by atoms with Gasteiger partial charge in [0.25, 0.3) is 5.91 Å². The fourth-order valence-electron chi connectivity index (χ4n) is 2.67. The van der Waals surface area contributed by atoms with Gasteiger partial charge in [0.15, 0.2) is 5.76 Å². The summed E-state index contributed by atoms with van der Waals surface area (Å²) in [7, 11) is 1.42. The summed E-state index contributed by atoms with van der Waals surface area (Å²) < 4.78 is 45.9. The third-order valence-corrected chi connectivity index (χ3v) is 4.38. The number of nitrogens with zero attached hydrogens (tertiary/aromatic N) is 1. The highest BCUT2D eigenvalue weighted by molar-refractivity contribution is 6.33. The Bertz CT molecular complexity index is 1080. The summed E-state index contributed by atoms with van der Waals surface area (Å²) in [6.07, 6.45) is -4.80. The third-order valence-electron chi connectivity index (χ3n) is 4.06. The van der Waals surface area contributed by atoms with E-state index in [1.807, 2.05) is 0 Å². The molecule has 0 bridgehead atoms. The molecule has 6 nitrogen and oxygen atoms in total. The molecule has 0 saturated carbocycles. The van der Waals surface area contributed by atoms with E-state index in [0.717, 1.165) is 17.0 Å². The molecule has 0 aliphatic rings. The molecule has 1 aromatic heterocycles. The molecule has 0 fully saturated rings. The quantitative estimate of drug-likeness (QED) is 0.557. The van der Waals surface area contributed by atoms with Crippen molar-refractivity contribution in [2.45, 2.75) is 6.36 Å². The number of rotatable bonds is 6. The van der Waals surface area contributed by atoms with Crippen molar-refractivity contribution in [3.63, 3.8) is 0 Å². The maximum Gasteiger partial charge on any atom is 0.573 e. The van der Waals surface area contributed by atoms with E-state index in [4.69, 9.17) is 16.0 Å². The van der Waals surface area contributed by atoms with Crippen molar-refractivity contribution in [3.05, 3.63) is 71.4 Å². The highest BCUT2D eigenvalue weighted by Crippen LogP contribution is 2.29. The Kier molecular flexibility index (Phi) is 6.55. The van der Waals surface area contributed by atoms with Crippen LogP contribution >= 0.6 is 11.6 Å². The normalized spacial score (nSPS) is 11.1. The maximum absolute atomic E-state index is 12.5. The lowest BCUT2D eigenvalue weighted by molar-refractivity contribution is -0.274. The second kappa shape index (κ2) is 9.13. The number of furan rings is 1. The molecule has 0 radical (unpaired) electrons. The Morgan fingerprint density at radius 1 is 1.06 bits per heavy atom. The number of likely N-dealkylation sites (N-methyl/N-ethyl adjacent to an activating group) is 1. The lowest BCUT2D eigenvalue weighted by Crippen LogP contribution is -2.34. The van der Waals surface area contributed by atoms with E-state index in [1.165, 1.54) is 25.2 Å². The highest BCUT2D eigenvalue weighted by atomic mass is 35.5. The smallest absolute Gasteiger partial charge is 0.451 e. The Hall–Kier alpha value is -3.46. The van der Waals surface area contributed by atoms with Crippen LogP contribution < -0.4 is 10.1 Å². The minimum atomic E-state index is -4.80. The zero-order chi connectivity index (χ0) is 22.6. The Morgan fingerprint density at radius 2 is 1.74 bits per heavy atom. The number of benzene rings is 2. The number of halogens is 4. The molecule has 0 unspecified atom stereocenters. The molecule has 2 aromatic carbocycles. The van der Waals surface area contributed by atoms with Gasteiger partial charge in [-0.25, -0.2) is 0 Å². The molecule has 1 heterocycles. The topological polar surface area (TPSA) is 71.8 Å². The Morgan fingerprint density at radius 3 is 2.39 bits per heavy atom. The number of hydrogen-bond donors (Lipinski definition) is 1. The monoisotopic (exact) mass is 452 g/mol. The number of carbonyl (C=O) groups is 2. The van der Waals surface area contributed by atoms with E-state index in [2.05, 4.69) is 10.1 Å². The summed E-state index contributed by atoms with van der Waals surface area (Å²) in [4.78, 5) is 25.9. The van der Waals surface area contributed by atoms with Crippen molar-refractivity contribution >= 4 is 29.1 Å². The lowest BCUT2D eigenvalue weighted by Gasteiger charge is -2.15. The molecule has 3 rings (SSSR count). The van der Waals surface area contributed by atoms with Gasteiger partial charge < -0.3 is 19.4 Å². The van der Waals surface area contributed by atoms with Crippen LogP contribution in [0.3, 0.4) is 0 Å². The molecular formula is C21H16ClF3N2O4. The maximum atomic E-state index is 12.5. The van der Waals surface area contributed by atoms with Gasteiger partial charge in [0.05, 0.1) is 11.6 Å². The second-order valence-corrected chi connectivity index (χ2v) is 6.83. The molecule has 10 heteroatoms. The minimum Gasteiger partial charge on any atom is -0.451 e. The molecule has 0 aliphatic carbocycles. The first-order chi connectivity index (χ1) is 14.6. The first-order valence-electron chi connectivity index (χ1n) is 8.88. The van der Waals surface area contributed by atoms with Crippen LogP contribution in [0.1, 0.15) is 10.6 Å². The zero-order valence-electron chi connectivity index (χ0n) is 16.1. The van der Waals surface area contributed by atoms with E-state index in [9.17, 15) is 22.8 Å². The van der Waals surface area contributed by atoms with Crippen LogP contribution in [0.4, 0.5) is 18.9 Å². The lowest BCUT2D eigenvalue weighted by atomic mass is 10.2. The van der Waals surface area contributed by atoms with Gasteiger partial charge in [0.2, 0.25) is 5.91 Å². The largest absolute Gasteiger partial charge is 0.573 e. The molecule has 2 amide bonds. The first-order valence-corrected chi connectivity index (χ1v) is 9.26. The van der Waals surface area contributed by atoms with Crippen LogP contribution in [0.15, 0.2) is 65.1 Å². The number of carbonyl (C=O) groups excluding carboxylic acids is 2. The SMILES string of the molecule is CN(CC(=O)Nc1ccc(OC(F)(F)F)cc1)C(=O)c1ccc(-c2ccccc2Cl)o1. The van der Waals surface area contributed by atoms with Gasteiger partial charge in [0, 0.05) is 18.3 Å². The minimum absolute atomic E-state index is 0.0267. The molecule has 0 atom stereocenters. The summed E-state index contributed by atoms with van der Waals surface area (Å²) in [5.74, 6) is -1.04. The van der Waals surface area contributed by atoms with Crippen LogP contribution in [0.2, 0.25) is 5.02 Å². The average Bonchev–Trinajstić information content (AvgIpc) is 3.18. The molecular weight excluding hydrogens is 437 g/mol. The van der Waals surface area contributed by atoms with E-state index < -0.39 is 23.9 Å². The Labute approximate surface area is 180 Å². The number of ether oxygens (including phenoxy) is 1. The molecule has 3 aromatic rings. The number of hydrogen-bond acceptors (Lipinski definition) is 4. The third kappa shape index (κ3) is 6.02. The van der Waals surface area contributed by atoms with Gasteiger partial charge in [-0.2, -0.15) is 0 Å². The van der Waals surface area contributed by atoms with Gasteiger partial charge in [-0.05, 0) is 48.5 Å². The van der Waals surface area contributed by atoms with E-state index >= 15 is 0 Å². The van der Waals surface area contributed by atoms with Gasteiger partial charge in [-0.15, -0.1) is 13.2 Å². The average molecular weight is 453 g/mol. The summed E-state index contributed by atoms with van der Waals surface area (Å²) in [5.41, 5.74) is 0.876. The number of alkyl halides is 3. The molecule has 0 aliphatic heterocycles. The number of amides is 2. The van der Waals surface area contributed by atoms with Gasteiger partial charge in [-0.3, -0.25) is 9.59 Å². The molecule has 0 saturated heterocycles. The summed E-state index contributed by atoms with van der Waals surface area (Å²) in [6, 6.07) is 14.7. The van der Waals surface area contributed by atoms with E-state index in [1.54, 1.807) is 30.3 Å². The van der Waals surface area contributed by atoms with Crippen LogP contribution in [-0.2, 0) is 4.79 Å². The van der Waals surface area contributed by atoms with Crippen molar-refractivity contribution in [3.8, 4) is 17.1 Å². The summed E-state index contributed by atoms with van der Waals surface area (Å²) in [6.45, 7) is -0.304. The molecule has 31 heavy (non-hydrogen) atoms. The van der Waals surface area contributed by atoms with Crippen molar-refractivity contribution in [2.24, 2.45) is 0 Å². The number of anilines is 1. The zero-order valence-corrected chi connectivity index (χ0v) is 16.8. The predicted molar refractivity (Wildman–Crippen MR) is 108 cm³/mol. The standard InChI is InChI=1S/C21H16ClF3N2O4/c1-27(12-19(28)26-13-6-8-14(9-7-13)31-21(23,24)25)20(29)18-11-10-17(30-18)15-4-2-3-5-16(15)22/h2-11H,12H2,1H3,(H,26,28). The summed E-state index contributed by atoms with van der Waals surface area (Å²) >= 11 is 6.13. The molecule has 1 N–H and O–H groups in total. The van der Waals surface area contributed by atoms with Crippen molar-refractivity contribution in [1.29, 1.82) is 0 Å².